The number of ketones is 1. The smallest absolute Gasteiger partial charge is 0.313 e. The normalized spacial score (nSPS) is 10.7. The van der Waals surface area contributed by atoms with Crippen molar-refractivity contribution in [2.24, 2.45) is 0 Å². The number of ether oxygens (including phenoxy) is 2. The minimum Gasteiger partial charge on any atom is -0.466 e. The van der Waals surface area contributed by atoms with Crippen molar-refractivity contribution in [2.75, 3.05) is 6.61 Å². The molecule has 2 aromatic heterocycles. The molecule has 162 valence electrons. The molecule has 11 heteroatoms. The van der Waals surface area contributed by atoms with E-state index in [0.717, 1.165) is 16.9 Å². The highest BCUT2D eigenvalue weighted by Crippen LogP contribution is 2.27. The lowest BCUT2D eigenvalue weighted by molar-refractivity contribution is -0.145. The summed E-state index contributed by atoms with van der Waals surface area (Å²) >= 11 is 5.63. The molecular formula is C20H17ClF2N4O4. The molecule has 0 amide bonds. The molecule has 0 aliphatic rings. The van der Waals surface area contributed by atoms with E-state index in [-0.39, 0.29) is 41.7 Å². The lowest BCUT2D eigenvalue weighted by atomic mass is 10.1. The summed E-state index contributed by atoms with van der Waals surface area (Å²) in [5.41, 5.74) is 1.05. The fourth-order valence-electron chi connectivity index (χ4n) is 2.59. The van der Waals surface area contributed by atoms with E-state index < -0.39 is 23.5 Å². The summed E-state index contributed by atoms with van der Waals surface area (Å²) in [7, 11) is 0. The number of carbonyl (C=O) groups excluding carboxylic acids is 2. The van der Waals surface area contributed by atoms with Gasteiger partial charge in [0.15, 0.2) is 17.4 Å². The number of esters is 1. The van der Waals surface area contributed by atoms with E-state index >= 15 is 0 Å². The van der Waals surface area contributed by atoms with Crippen molar-refractivity contribution < 1.29 is 27.8 Å². The zero-order chi connectivity index (χ0) is 22.5. The summed E-state index contributed by atoms with van der Waals surface area (Å²) < 4.78 is 38.2. The Labute approximate surface area is 180 Å². The number of rotatable bonds is 8. The van der Waals surface area contributed by atoms with Crippen LogP contribution < -0.4 is 4.74 Å². The number of halogens is 3. The first-order valence-corrected chi connectivity index (χ1v) is 9.53. The zero-order valence-corrected chi connectivity index (χ0v) is 17.3. The molecule has 3 rings (SSSR count). The van der Waals surface area contributed by atoms with Gasteiger partial charge in [-0.1, -0.05) is 11.6 Å². The molecule has 0 saturated heterocycles. The van der Waals surface area contributed by atoms with Crippen molar-refractivity contribution in [1.82, 2.24) is 20.0 Å². The van der Waals surface area contributed by atoms with Gasteiger partial charge >= 0.3 is 5.97 Å². The van der Waals surface area contributed by atoms with E-state index in [1.54, 1.807) is 13.8 Å². The number of hydrogen-bond donors (Lipinski definition) is 0. The molecule has 0 aliphatic carbocycles. The Kier molecular flexibility index (Phi) is 6.91. The van der Waals surface area contributed by atoms with E-state index in [1.165, 1.54) is 18.3 Å². The second-order valence-corrected chi connectivity index (χ2v) is 6.81. The Balaban J connectivity index is 1.75. The first-order chi connectivity index (χ1) is 14.8. The fourth-order valence-corrected chi connectivity index (χ4v) is 2.73. The van der Waals surface area contributed by atoms with E-state index in [0.29, 0.717) is 11.4 Å². The van der Waals surface area contributed by atoms with Crippen LogP contribution in [0, 0.1) is 18.6 Å². The highest BCUT2D eigenvalue weighted by atomic mass is 35.5. The Morgan fingerprint density at radius 3 is 2.61 bits per heavy atom. The van der Waals surface area contributed by atoms with Crippen LogP contribution in [0.15, 0.2) is 30.5 Å². The number of benzene rings is 1. The van der Waals surface area contributed by atoms with Gasteiger partial charge in [0.05, 0.1) is 35.1 Å². The van der Waals surface area contributed by atoms with Crippen LogP contribution in [0.5, 0.6) is 11.6 Å². The topological polar surface area (TPSA) is 96.2 Å². The first-order valence-electron chi connectivity index (χ1n) is 9.15. The van der Waals surface area contributed by atoms with Gasteiger partial charge < -0.3 is 9.47 Å². The molecule has 0 N–H and O–H groups in total. The molecule has 0 atom stereocenters. The summed E-state index contributed by atoms with van der Waals surface area (Å²) in [6.07, 6.45) is 0.694. The van der Waals surface area contributed by atoms with Crippen molar-refractivity contribution >= 4 is 23.4 Å². The molecule has 1 aromatic carbocycles. The van der Waals surface area contributed by atoms with Crippen LogP contribution in [0.2, 0.25) is 5.02 Å². The van der Waals surface area contributed by atoms with Crippen LogP contribution in [0.25, 0.3) is 5.69 Å². The molecule has 0 aliphatic heterocycles. The second kappa shape index (κ2) is 9.61. The number of carbonyl (C=O) groups is 2. The minimum atomic E-state index is -0.836. The van der Waals surface area contributed by atoms with Crippen molar-refractivity contribution in [3.05, 3.63) is 58.5 Å². The lowest BCUT2D eigenvalue weighted by Gasteiger charge is -2.08. The van der Waals surface area contributed by atoms with Crippen LogP contribution in [0.1, 0.15) is 24.7 Å². The van der Waals surface area contributed by atoms with E-state index in [9.17, 15) is 18.4 Å². The van der Waals surface area contributed by atoms with Crippen molar-refractivity contribution in [2.45, 2.75) is 26.7 Å². The second-order valence-electron chi connectivity index (χ2n) is 6.38. The van der Waals surface area contributed by atoms with E-state index in [1.807, 2.05) is 0 Å². The average Bonchev–Trinajstić information content (AvgIpc) is 3.05. The van der Waals surface area contributed by atoms with Gasteiger partial charge in [-0.15, -0.1) is 0 Å². The zero-order valence-electron chi connectivity index (χ0n) is 16.6. The van der Waals surface area contributed by atoms with Crippen LogP contribution in [0.3, 0.4) is 0 Å². The van der Waals surface area contributed by atoms with Crippen molar-refractivity contribution in [1.29, 1.82) is 0 Å². The molecule has 3 aromatic rings. The van der Waals surface area contributed by atoms with Crippen LogP contribution in [-0.4, -0.2) is 38.3 Å². The molecule has 0 spiro atoms. The highest BCUT2D eigenvalue weighted by Gasteiger charge is 2.17. The summed E-state index contributed by atoms with van der Waals surface area (Å²) in [5.74, 6) is -3.30. The molecular weight excluding hydrogens is 434 g/mol. The molecule has 31 heavy (non-hydrogen) atoms. The molecule has 2 heterocycles. The Bertz CT molecular complexity index is 1140. The summed E-state index contributed by atoms with van der Waals surface area (Å²) in [4.78, 5) is 28.3. The highest BCUT2D eigenvalue weighted by molar-refractivity contribution is 6.30. The molecule has 8 nitrogen and oxygen atoms in total. The maximum atomic E-state index is 14.5. The van der Waals surface area contributed by atoms with Crippen molar-refractivity contribution in [3.8, 4) is 17.3 Å². The Morgan fingerprint density at radius 1 is 1.16 bits per heavy atom. The molecule has 0 saturated carbocycles. The standard InChI is InChI=1S/C20H17ClF2N4O4/c1-3-30-19(29)9-14(28)8-17-11(2)25-27(26-17)13-4-5-18(15(22)7-13)31-20-16(23)6-12(21)10-24-20/h4-7,10H,3,8-9H2,1-2H3. The number of aryl methyl sites for hydroxylation is 1. The third kappa shape index (κ3) is 5.60. The van der Waals surface area contributed by atoms with Crippen molar-refractivity contribution in [3.63, 3.8) is 0 Å². The first kappa shape index (κ1) is 22.3. The molecule has 0 bridgehead atoms. The minimum absolute atomic E-state index is 0.0809. The third-order valence-corrected chi connectivity index (χ3v) is 4.22. The summed E-state index contributed by atoms with van der Waals surface area (Å²) in [6.45, 7) is 3.47. The number of nitrogens with zero attached hydrogens (tertiary/aromatic N) is 4. The van der Waals surface area contributed by atoms with Crippen LogP contribution in [-0.2, 0) is 20.7 Å². The molecule has 0 unspecified atom stereocenters. The summed E-state index contributed by atoms with van der Waals surface area (Å²) in [6, 6.07) is 4.81. The number of Topliss-reactive ketones (excluding diaryl/α,β-unsaturated/α-hetero) is 1. The predicted octanol–water partition coefficient (Wildman–Crippen LogP) is 3.76. The quantitative estimate of drug-likeness (QED) is 0.381. The predicted molar refractivity (Wildman–Crippen MR) is 105 cm³/mol. The van der Waals surface area contributed by atoms with Crippen LogP contribution >= 0.6 is 11.6 Å². The van der Waals surface area contributed by atoms with E-state index in [2.05, 4.69) is 15.2 Å². The van der Waals surface area contributed by atoms with Gasteiger partial charge in [-0.2, -0.15) is 15.0 Å². The van der Waals surface area contributed by atoms with Gasteiger partial charge in [0.2, 0.25) is 0 Å². The largest absolute Gasteiger partial charge is 0.466 e. The van der Waals surface area contributed by atoms with Gasteiger partial charge in [0.25, 0.3) is 5.88 Å². The monoisotopic (exact) mass is 450 g/mol. The SMILES string of the molecule is CCOC(=O)CC(=O)Cc1nn(-c2ccc(Oc3ncc(Cl)cc3F)c(F)c2)nc1C. The Hall–Kier alpha value is -3.40. The summed E-state index contributed by atoms with van der Waals surface area (Å²) in [5, 5.41) is 8.44. The number of aromatic nitrogens is 4. The fraction of sp³-hybridized carbons (Fsp3) is 0.250. The lowest BCUT2D eigenvalue weighted by Crippen LogP contribution is -2.13. The molecule has 0 radical (unpaired) electrons. The third-order valence-electron chi connectivity index (χ3n) is 4.02. The maximum absolute atomic E-state index is 14.5. The molecule has 0 fully saturated rings. The average molecular weight is 451 g/mol. The van der Waals surface area contributed by atoms with Gasteiger partial charge in [-0.25, -0.2) is 13.8 Å². The number of hydrogen-bond acceptors (Lipinski definition) is 7. The van der Waals surface area contributed by atoms with E-state index in [4.69, 9.17) is 21.1 Å². The van der Waals surface area contributed by atoms with Crippen LogP contribution in [0.4, 0.5) is 8.78 Å². The Morgan fingerprint density at radius 2 is 1.94 bits per heavy atom. The maximum Gasteiger partial charge on any atom is 0.313 e. The van der Waals surface area contributed by atoms with Gasteiger partial charge in [-0.05, 0) is 32.0 Å². The number of pyridine rings is 1. The van der Waals surface area contributed by atoms with Gasteiger partial charge in [-0.3, -0.25) is 9.59 Å². The van der Waals surface area contributed by atoms with Gasteiger partial charge in [0.1, 0.15) is 12.2 Å². The van der Waals surface area contributed by atoms with Gasteiger partial charge in [0, 0.05) is 12.3 Å².